The molecule has 0 spiro atoms. The van der Waals surface area contributed by atoms with Crippen molar-refractivity contribution in [3.8, 4) is 0 Å². The summed E-state index contributed by atoms with van der Waals surface area (Å²) in [5.74, 6) is 0. The summed E-state index contributed by atoms with van der Waals surface area (Å²) in [7, 11) is 0. The minimum atomic E-state index is -0.267. The quantitative estimate of drug-likeness (QED) is 0.160. The highest BCUT2D eigenvalue weighted by atomic mass is 16.3. The maximum atomic E-state index is 6.76. The zero-order chi connectivity index (χ0) is 58.2. The number of para-hydroxylation sites is 1. The van der Waals surface area contributed by atoms with Crippen LogP contribution in [0, 0.1) is 13.8 Å². The van der Waals surface area contributed by atoms with E-state index in [1.165, 1.54) is 100 Å². The number of furan rings is 1. The smallest absolute Gasteiger partial charge is 0.252 e. The van der Waals surface area contributed by atoms with Crippen LogP contribution in [0.4, 0.5) is 51.2 Å². The molecule has 5 heteroatoms. The monoisotopic (exact) mass is 1090 g/mol. The van der Waals surface area contributed by atoms with E-state index in [1.54, 1.807) is 0 Å². The molecule has 0 atom stereocenters. The van der Waals surface area contributed by atoms with E-state index in [2.05, 4.69) is 295 Å². The lowest BCUT2D eigenvalue weighted by Crippen LogP contribution is -2.62. The van der Waals surface area contributed by atoms with Crippen LogP contribution in [0.15, 0.2) is 174 Å². The molecule has 0 saturated heterocycles. The maximum absolute atomic E-state index is 6.76. The normalized spacial score (nSPS) is 16.9. The fourth-order valence-electron chi connectivity index (χ4n) is 15.3. The number of nitrogens with zero attached hydrogens (tertiary/aromatic N) is 3. The highest BCUT2D eigenvalue weighted by molar-refractivity contribution is 7.00. The van der Waals surface area contributed by atoms with Crippen molar-refractivity contribution in [2.75, 3.05) is 14.7 Å². The molecule has 9 aromatic carbocycles. The van der Waals surface area contributed by atoms with Crippen LogP contribution in [0.3, 0.4) is 0 Å². The number of anilines is 9. The Hall–Kier alpha value is -7.76. The fraction of sp³-hybridized carbons (Fsp3) is 0.308. The summed E-state index contributed by atoms with van der Waals surface area (Å²) in [6.45, 7) is 38.0. The molecule has 0 amide bonds. The highest BCUT2D eigenvalue weighted by Gasteiger charge is 2.49. The van der Waals surface area contributed by atoms with Gasteiger partial charge in [-0.25, -0.2) is 0 Å². The minimum Gasteiger partial charge on any atom is -0.456 e. The first kappa shape index (κ1) is 53.3. The summed E-state index contributed by atoms with van der Waals surface area (Å²) in [6.07, 6.45) is 2.30. The Bertz CT molecular complexity index is 4270. The zero-order valence-corrected chi connectivity index (χ0v) is 51.9. The molecule has 1 aromatic heterocycles. The van der Waals surface area contributed by atoms with Gasteiger partial charge in [0.05, 0.1) is 11.1 Å². The van der Waals surface area contributed by atoms with Crippen molar-refractivity contribution in [2.24, 2.45) is 0 Å². The molecule has 2 aliphatic heterocycles. The van der Waals surface area contributed by atoms with Crippen molar-refractivity contribution >= 4 is 96.2 Å². The molecule has 0 N–H and O–H groups in total. The summed E-state index contributed by atoms with van der Waals surface area (Å²) in [5, 5.41) is 2.25. The molecule has 4 nitrogen and oxygen atoms in total. The van der Waals surface area contributed by atoms with Gasteiger partial charge in [-0.2, -0.15) is 0 Å². The molecule has 10 aromatic rings. The Morgan fingerprint density at radius 3 is 1.51 bits per heavy atom. The van der Waals surface area contributed by atoms with Crippen molar-refractivity contribution in [2.45, 2.75) is 156 Å². The predicted octanol–water partition coefficient (Wildman–Crippen LogP) is 19.7. The van der Waals surface area contributed by atoms with Crippen LogP contribution in [-0.2, 0) is 32.5 Å². The Labute approximate surface area is 494 Å². The molecule has 0 bridgehead atoms. The van der Waals surface area contributed by atoms with Crippen LogP contribution >= 0.6 is 0 Å². The standard InChI is InChI=1S/C78H80BN3O/c1-47-40-67-72-68(41-47)82(64-45-58-57(42-48(64)2)75(9,10)38-39-76(58,11)12)65-43-53(80(51-32-28-49(29-33-51)73(3,4)5)52-34-30-50(31-35-52)74(6,7)8)36-37-61(65)79(72)62-44-59-60(78(15,16)56-24-19-18-23-55(56)77(59,13)14)46-66(62)81(67)63-25-21-27-70-71(63)54-22-17-20-26-69(54)83-70/h17-37,40-46H,38-39H2,1-16H3. The molecule has 0 saturated carbocycles. The van der Waals surface area contributed by atoms with Gasteiger partial charge in [-0.05, 0) is 199 Å². The van der Waals surface area contributed by atoms with Crippen molar-refractivity contribution in [1.82, 2.24) is 0 Å². The third-order valence-corrected chi connectivity index (χ3v) is 20.2. The molecule has 0 unspecified atom stereocenters. The van der Waals surface area contributed by atoms with Gasteiger partial charge in [-0.1, -0.05) is 188 Å². The highest BCUT2D eigenvalue weighted by Crippen LogP contribution is 2.56. The number of benzene rings is 9. The largest absolute Gasteiger partial charge is 0.456 e. The van der Waals surface area contributed by atoms with Gasteiger partial charge in [0.15, 0.2) is 0 Å². The lowest BCUT2D eigenvalue weighted by atomic mass is 9.33. The summed E-state index contributed by atoms with van der Waals surface area (Å²) in [4.78, 5) is 7.82. The first-order valence-electron chi connectivity index (χ1n) is 30.5. The molecular weight excluding hydrogens is 1010 g/mol. The molecule has 416 valence electrons. The van der Waals surface area contributed by atoms with Gasteiger partial charge >= 0.3 is 0 Å². The van der Waals surface area contributed by atoms with E-state index in [9.17, 15) is 0 Å². The Kier molecular flexibility index (Phi) is 11.5. The molecule has 4 aliphatic rings. The molecule has 83 heavy (non-hydrogen) atoms. The third-order valence-electron chi connectivity index (χ3n) is 20.2. The van der Waals surface area contributed by atoms with Crippen LogP contribution in [0.1, 0.15) is 165 Å². The summed E-state index contributed by atoms with van der Waals surface area (Å²) >= 11 is 0. The van der Waals surface area contributed by atoms with Crippen molar-refractivity contribution in [1.29, 1.82) is 0 Å². The maximum Gasteiger partial charge on any atom is 0.252 e. The fourth-order valence-corrected chi connectivity index (χ4v) is 15.3. The topological polar surface area (TPSA) is 22.9 Å². The number of hydrogen-bond donors (Lipinski definition) is 0. The van der Waals surface area contributed by atoms with Crippen molar-refractivity contribution in [3.63, 3.8) is 0 Å². The van der Waals surface area contributed by atoms with Gasteiger partial charge < -0.3 is 19.1 Å². The van der Waals surface area contributed by atoms with E-state index < -0.39 is 0 Å². The van der Waals surface area contributed by atoms with Crippen LogP contribution < -0.4 is 31.1 Å². The van der Waals surface area contributed by atoms with Gasteiger partial charge in [0.25, 0.3) is 6.71 Å². The molecular formula is C78H80BN3O. The molecule has 0 radical (unpaired) electrons. The number of rotatable bonds is 5. The Morgan fingerprint density at radius 1 is 0.422 bits per heavy atom. The van der Waals surface area contributed by atoms with Crippen LogP contribution in [0.25, 0.3) is 21.9 Å². The van der Waals surface area contributed by atoms with Crippen LogP contribution in [0.5, 0.6) is 0 Å². The summed E-state index contributed by atoms with van der Waals surface area (Å²) in [6, 6.07) is 66.0. The van der Waals surface area contributed by atoms with Crippen LogP contribution in [0.2, 0.25) is 0 Å². The van der Waals surface area contributed by atoms with Crippen molar-refractivity contribution < 1.29 is 4.42 Å². The van der Waals surface area contributed by atoms with Gasteiger partial charge in [0, 0.05) is 61.7 Å². The number of hydrogen-bond acceptors (Lipinski definition) is 4. The van der Waals surface area contributed by atoms with Crippen LogP contribution in [-0.4, -0.2) is 6.71 Å². The average molecular weight is 1090 g/mol. The first-order chi connectivity index (χ1) is 39.2. The van der Waals surface area contributed by atoms with Crippen molar-refractivity contribution in [3.05, 3.63) is 225 Å². The molecule has 3 heterocycles. The number of fused-ring (bicyclic) bond motifs is 10. The molecule has 0 fully saturated rings. The summed E-state index contributed by atoms with van der Waals surface area (Å²) < 4.78 is 6.76. The molecule has 2 aliphatic carbocycles. The third kappa shape index (κ3) is 7.99. The SMILES string of the molecule is Cc1cc2c3c(c1)N(c1cccc4oc5ccccc5c14)c1cc4c(cc1B3c1ccc(N(c3ccc(C(C)(C)C)cc3)c3ccc(C(C)(C)C)cc3)cc1N2c1cc2c(cc1C)C(C)(C)CCC2(C)C)C(C)(C)c1ccccc1C4(C)C. The zero-order valence-electron chi connectivity index (χ0n) is 51.9. The van der Waals surface area contributed by atoms with Gasteiger partial charge in [0.2, 0.25) is 0 Å². The first-order valence-corrected chi connectivity index (χ1v) is 30.5. The average Bonchev–Trinajstić information content (AvgIpc) is 0.965. The Balaban J connectivity index is 1.10. The lowest BCUT2D eigenvalue weighted by Gasteiger charge is -2.48. The van der Waals surface area contributed by atoms with E-state index in [4.69, 9.17) is 4.42 Å². The second-order valence-corrected chi connectivity index (χ2v) is 29.4. The second kappa shape index (κ2) is 17.9. The van der Waals surface area contributed by atoms with Gasteiger partial charge in [-0.3, -0.25) is 0 Å². The van der Waals surface area contributed by atoms with E-state index >= 15 is 0 Å². The van der Waals surface area contributed by atoms with Gasteiger partial charge in [0.1, 0.15) is 11.2 Å². The minimum absolute atomic E-state index is 0.00233. The predicted molar refractivity (Wildman–Crippen MR) is 355 cm³/mol. The number of aryl methyl sites for hydroxylation is 2. The molecule has 14 rings (SSSR count). The van der Waals surface area contributed by atoms with E-state index in [0.29, 0.717) is 0 Å². The van der Waals surface area contributed by atoms with E-state index in [-0.39, 0.29) is 39.2 Å². The van der Waals surface area contributed by atoms with E-state index in [0.717, 1.165) is 57.5 Å². The van der Waals surface area contributed by atoms with Gasteiger partial charge in [-0.15, -0.1) is 0 Å². The van der Waals surface area contributed by atoms with E-state index in [1.807, 2.05) is 0 Å². The Morgan fingerprint density at radius 2 is 0.916 bits per heavy atom. The lowest BCUT2D eigenvalue weighted by molar-refractivity contribution is 0.332. The second-order valence-electron chi connectivity index (χ2n) is 29.4. The summed E-state index contributed by atoms with van der Waals surface area (Å²) in [5.41, 5.74) is 29.5.